The van der Waals surface area contributed by atoms with Gasteiger partial charge in [-0.1, -0.05) is 86.1 Å². The van der Waals surface area contributed by atoms with Crippen molar-refractivity contribution in [1.82, 2.24) is 9.80 Å². The van der Waals surface area contributed by atoms with E-state index in [-0.39, 0.29) is 76.4 Å². The van der Waals surface area contributed by atoms with E-state index in [1.165, 1.54) is 80.6 Å². The molecular weight excluding hydrogens is 1560 g/mol. The largest absolute Gasteiger partial charge is 0.497 e. The van der Waals surface area contributed by atoms with Gasteiger partial charge in [0.2, 0.25) is 24.1 Å². The van der Waals surface area contributed by atoms with Gasteiger partial charge < -0.3 is 77.9 Å². The van der Waals surface area contributed by atoms with Gasteiger partial charge in [0.05, 0.1) is 87.2 Å². The first-order valence-corrected chi connectivity index (χ1v) is 36.2. The molecule has 0 unspecified atom stereocenters. The molecule has 628 valence electrons. The van der Waals surface area contributed by atoms with E-state index >= 15 is 8.78 Å². The Hall–Kier alpha value is -13.3. The number of guanidine groups is 2. The number of fused-ring (bicyclic) bond motifs is 2. The van der Waals surface area contributed by atoms with Crippen molar-refractivity contribution in [2.24, 2.45) is 9.98 Å². The van der Waals surface area contributed by atoms with Crippen LogP contribution in [-0.2, 0) is 55.3 Å². The van der Waals surface area contributed by atoms with E-state index in [1.54, 1.807) is 82.4 Å². The number of alkyl halides is 6. The lowest BCUT2D eigenvalue weighted by atomic mass is 9.96. The number of ether oxygens (including phenoxy) is 7. The Bertz CT molecular complexity index is 4840. The number of esters is 3. The molecule has 0 spiro atoms. The van der Waals surface area contributed by atoms with Gasteiger partial charge in [0.25, 0.3) is 0 Å². The van der Waals surface area contributed by atoms with Gasteiger partial charge in [0.15, 0.2) is 0 Å². The lowest BCUT2D eigenvalue weighted by Crippen LogP contribution is -2.55. The molecule has 0 bridgehead atoms. The second-order valence-electron chi connectivity index (χ2n) is 26.1. The Morgan fingerprint density at radius 3 is 1.16 bits per heavy atom. The Balaban J connectivity index is 0.000000235. The Morgan fingerprint density at radius 2 is 0.847 bits per heavy atom. The van der Waals surface area contributed by atoms with Crippen LogP contribution in [0.5, 0.6) is 23.0 Å². The van der Waals surface area contributed by atoms with Gasteiger partial charge in [0, 0.05) is 93.9 Å². The zero-order valence-corrected chi connectivity index (χ0v) is 64.8. The third kappa shape index (κ3) is 23.3. The van der Waals surface area contributed by atoms with Crippen molar-refractivity contribution in [2.75, 3.05) is 107 Å². The molecule has 12 rings (SSSR count). The average Bonchev–Trinajstić information content (AvgIpc) is 0.747. The van der Waals surface area contributed by atoms with E-state index in [9.17, 15) is 70.4 Å². The summed E-state index contributed by atoms with van der Waals surface area (Å²) < 4.78 is 149. The number of piperazine rings is 2. The molecule has 4 aliphatic heterocycles. The minimum absolute atomic E-state index is 0. The van der Waals surface area contributed by atoms with Crippen molar-refractivity contribution in [3.05, 3.63) is 226 Å². The molecule has 0 saturated carbocycles. The van der Waals surface area contributed by atoms with Crippen molar-refractivity contribution < 1.29 is 122 Å². The van der Waals surface area contributed by atoms with E-state index in [4.69, 9.17) is 43.0 Å². The molecule has 0 aromatic heterocycles. The van der Waals surface area contributed by atoms with Crippen LogP contribution in [0.1, 0.15) is 107 Å². The van der Waals surface area contributed by atoms with E-state index in [2.05, 4.69) is 19.5 Å². The molecule has 118 heavy (non-hydrogen) atoms. The fraction of sp³-hybridized carbons (Fsp3) is 0.321. The molecule has 8 aromatic rings. The number of hydrogen-bond donors (Lipinski definition) is 3. The van der Waals surface area contributed by atoms with Crippen LogP contribution in [0.2, 0.25) is 0 Å². The highest BCUT2D eigenvalue weighted by molar-refractivity contribution is 6.04. The minimum atomic E-state index is -4.66. The van der Waals surface area contributed by atoms with Gasteiger partial charge in [-0.25, -0.2) is 37.9 Å². The summed E-state index contributed by atoms with van der Waals surface area (Å²) in [5.41, 5.74) is 3.30. The number of para-hydroxylation sites is 2. The highest BCUT2D eigenvalue weighted by atomic mass is 19.4. The molecule has 0 radical (unpaired) electrons. The second-order valence-corrected chi connectivity index (χ2v) is 26.1. The van der Waals surface area contributed by atoms with Gasteiger partial charge in [-0.05, 0) is 124 Å². The number of carboxylic acid groups (broad SMARTS) is 3. The summed E-state index contributed by atoms with van der Waals surface area (Å²) >= 11 is 0. The Morgan fingerprint density at radius 1 is 0.492 bits per heavy atom. The van der Waals surface area contributed by atoms with Crippen molar-refractivity contribution in [1.29, 1.82) is 0 Å². The lowest BCUT2D eigenvalue weighted by molar-refractivity contribution is -0.192. The van der Waals surface area contributed by atoms with E-state index in [0.717, 1.165) is 52.5 Å². The van der Waals surface area contributed by atoms with E-state index in [1.807, 2.05) is 65.3 Å². The maximum absolute atomic E-state index is 15.1. The zero-order chi connectivity index (χ0) is 85.6. The van der Waals surface area contributed by atoms with Crippen LogP contribution in [0.15, 0.2) is 180 Å². The van der Waals surface area contributed by atoms with Gasteiger partial charge in [-0.2, -0.15) is 35.9 Å². The number of aryl methyl sites for hydroxylation is 2. The van der Waals surface area contributed by atoms with Gasteiger partial charge in [0.1, 0.15) is 46.0 Å². The lowest BCUT2D eigenvalue weighted by Gasteiger charge is -2.45. The third-order valence-corrected chi connectivity index (χ3v) is 18.6. The predicted octanol–water partition coefficient (Wildman–Crippen LogP) is 15.2. The average molecular weight is 1650 g/mol. The van der Waals surface area contributed by atoms with Crippen LogP contribution in [0.25, 0.3) is 0 Å². The monoisotopic (exact) mass is 1650 g/mol. The standard InChI is InChI=1S/C29H28F4N4O4.C29H30F4N4O2.C20H18O8.C4H8O2.CO2.CH4/c1-40-20-6-3-5-19(16-20)35-11-13-36(14-12-35)28-34-27-21(7-4-8-22(27)30)23(17-26(38)39)37(28)24-15-18(29(31,32)33)9-10-25(24)41-2;1-4-24-22-9-6-10-23(30)27(22)34-28(37(24)25-17-19(29(31,32)33)11-12-26(25)39-3)36-15-13-35(14-16-36)20-7-5-8-21(18-20)38-2;1-11-3-7-13(8-4-11)19(25)27-15(17(21)22)16(18(23)24)28-20(26)14-9-5-12(2)6-10-14;1-3-6-4(2)5;2-1-3;/h3-10,15-16,23H,11-14,17H2,1-2H3,(H,38,39);5-12,17-18,24H,4,13-16H2,1-3H3;3-10,15-16H,1-2H3,(H,21,22)(H,23,24);3H2,1-2H3;;1H4/t23-;24-;15-,16-;;;/m000.../s1. The summed E-state index contributed by atoms with van der Waals surface area (Å²) in [5, 5.41) is 28.5. The number of carbonyl (C=O) groups is 6. The number of aliphatic carboxylic acids is 3. The molecule has 2 fully saturated rings. The summed E-state index contributed by atoms with van der Waals surface area (Å²) in [6, 6.07) is 41.3. The number of rotatable bonds is 19. The predicted molar refractivity (Wildman–Crippen MR) is 420 cm³/mol. The Labute approximate surface area is 674 Å². The van der Waals surface area contributed by atoms with Gasteiger partial charge in [-0.15, -0.1) is 0 Å². The van der Waals surface area contributed by atoms with Crippen LogP contribution in [0.3, 0.4) is 0 Å². The summed E-state index contributed by atoms with van der Waals surface area (Å²) in [7, 11) is 5.95. The third-order valence-electron chi connectivity index (χ3n) is 18.6. The quantitative estimate of drug-likeness (QED) is 0.0385. The SMILES string of the molecule is C.CCOC(C)=O.CC[C@H]1c2cccc(F)c2N=C(N2CCN(c3cccc(OC)c3)CC2)N1c1cc(C(F)(F)F)ccc1OC.COc1cccc(N2CCN(C3=Nc4c(F)cccc4[C@H](CC(=O)O)N3c3cc(C(F)(F)F)ccc3OC)CC2)c1.Cc1ccc(C(=O)O[C@H](C(=O)O)[C@H](OC(=O)c2ccc(C)cc2)C(=O)O)cc1.O=C=O. The number of benzene rings is 8. The number of hydrogen-bond acceptors (Lipinski definition) is 23. The molecule has 4 heterocycles. The molecule has 8 aromatic carbocycles. The van der Waals surface area contributed by atoms with E-state index < -0.39 is 95.7 Å². The van der Waals surface area contributed by atoms with Gasteiger partial charge >= 0.3 is 54.3 Å². The molecule has 4 atom stereocenters. The first-order valence-electron chi connectivity index (χ1n) is 36.2. The second kappa shape index (κ2) is 41.9. The summed E-state index contributed by atoms with van der Waals surface area (Å²) in [6.07, 6.45) is -13.4. The number of aliphatic imine (C=N–C) groups is 2. The summed E-state index contributed by atoms with van der Waals surface area (Å²) in [5.74, 6) is -5.76. The maximum Gasteiger partial charge on any atom is 0.416 e. The van der Waals surface area contributed by atoms with Crippen molar-refractivity contribution in [2.45, 2.75) is 91.5 Å². The molecule has 4 aliphatic rings. The minimum Gasteiger partial charge on any atom is -0.497 e. The number of carbonyl (C=O) groups excluding carboxylic acids is 5. The van der Waals surface area contributed by atoms with Crippen LogP contribution in [-0.4, -0.2) is 179 Å². The van der Waals surface area contributed by atoms with E-state index in [0.29, 0.717) is 82.7 Å². The molecular formula is C84H88F8N8O18. The number of halogens is 8. The van der Waals surface area contributed by atoms with Crippen LogP contribution in [0, 0.1) is 25.5 Å². The van der Waals surface area contributed by atoms with Crippen LogP contribution >= 0.6 is 0 Å². The molecule has 3 N–H and O–H groups in total. The van der Waals surface area contributed by atoms with Crippen molar-refractivity contribution in [3.63, 3.8) is 0 Å². The Kier molecular flexibility index (Phi) is 32.6. The number of carboxylic acids is 3. The fourth-order valence-electron chi connectivity index (χ4n) is 13.0. The summed E-state index contributed by atoms with van der Waals surface area (Å²) in [4.78, 5) is 106. The van der Waals surface area contributed by atoms with Crippen molar-refractivity contribution in [3.8, 4) is 23.0 Å². The topological polar surface area (TPSA) is 306 Å². The number of nitrogens with zero attached hydrogens (tertiary/aromatic N) is 8. The first kappa shape index (κ1) is 91.9. The van der Waals surface area contributed by atoms with Crippen LogP contribution in [0.4, 0.5) is 69.2 Å². The number of anilines is 4. The van der Waals surface area contributed by atoms with Crippen molar-refractivity contribution >= 4 is 88.0 Å². The molecule has 0 amide bonds. The molecule has 0 aliphatic carbocycles. The molecule has 34 heteroatoms. The fourth-order valence-corrected chi connectivity index (χ4v) is 13.0. The molecule has 2 saturated heterocycles. The smallest absolute Gasteiger partial charge is 0.416 e. The normalized spacial score (nSPS) is 15.2. The van der Waals surface area contributed by atoms with Crippen LogP contribution < -0.4 is 38.5 Å². The highest BCUT2D eigenvalue weighted by Gasteiger charge is 2.44. The summed E-state index contributed by atoms with van der Waals surface area (Å²) in [6.45, 7) is 13.3. The highest BCUT2D eigenvalue weighted by Crippen LogP contribution is 2.49. The van der Waals surface area contributed by atoms with Gasteiger partial charge in [-0.3, -0.25) is 9.59 Å². The first-order chi connectivity index (χ1) is 55.7. The maximum atomic E-state index is 15.1. The zero-order valence-electron chi connectivity index (χ0n) is 64.8. The molecule has 26 nitrogen and oxygen atoms in total. The number of methoxy groups -OCH3 is 4.